The SMILES string of the molecule is CC(C)(O)C(C)(C)Oc1ccc(C(=O)N2CCOCC2)cc1. The van der Waals surface area contributed by atoms with Crippen molar-refractivity contribution in [3.63, 3.8) is 0 Å². The second-order valence-corrected chi connectivity index (χ2v) is 6.60. The third-order valence-electron chi connectivity index (χ3n) is 4.25. The minimum Gasteiger partial charge on any atom is -0.485 e. The van der Waals surface area contributed by atoms with Gasteiger partial charge in [-0.15, -0.1) is 0 Å². The summed E-state index contributed by atoms with van der Waals surface area (Å²) < 4.78 is 11.1. The van der Waals surface area contributed by atoms with Crippen LogP contribution in [0.15, 0.2) is 24.3 Å². The Balaban J connectivity index is 2.05. The van der Waals surface area contributed by atoms with Crippen LogP contribution in [-0.4, -0.2) is 53.4 Å². The molecule has 1 heterocycles. The zero-order valence-corrected chi connectivity index (χ0v) is 13.8. The maximum atomic E-state index is 12.3. The van der Waals surface area contributed by atoms with Crippen LogP contribution in [0.2, 0.25) is 0 Å². The highest BCUT2D eigenvalue weighted by Crippen LogP contribution is 2.28. The molecule has 0 aromatic heterocycles. The summed E-state index contributed by atoms with van der Waals surface area (Å²) in [4.78, 5) is 14.1. The summed E-state index contributed by atoms with van der Waals surface area (Å²) >= 11 is 0. The van der Waals surface area contributed by atoms with Gasteiger partial charge in [-0.1, -0.05) is 0 Å². The normalized spacial score (nSPS) is 16.5. The fourth-order valence-corrected chi connectivity index (χ4v) is 2.03. The number of nitrogens with zero attached hydrogens (tertiary/aromatic N) is 1. The third-order valence-corrected chi connectivity index (χ3v) is 4.25. The predicted octanol–water partition coefficient (Wildman–Crippen LogP) is 2.09. The first-order valence-electron chi connectivity index (χ1n) is 7.59. The second kappa shape index (κ2) is 6.26. The number of rotatable bonds is 4. The molecule has 0 unspecified atom stereocenters. The molecule has 2 rings (SSSR count). The molecule has 0 bridgehead atoms. The molecule has 1 N–H and O–H groups in total. The van der Waals surface area contributed by atoms with Gasteiger partial charge in [0.2, 0.25) is 0 Å². The summed E-state index contributed by atoms with van der Waals surface area (Å²) in [5.41, 5.74) is -1.08. The number of hydrogen-bond donors (Lipinski definition) is 1. The smallest absolute Gasteiger partial charge is 0.254 e. The van der Waals surface area contributed by atoms with Crippen molar-refractivity contribution < 1.29 is 19.4 Å². The van der Waals surface area contributed by atoms with Crippen LogP contribution in [-0.2, 0) is 4.74 Å². The number of benzene rings is 1. The van der Waals surface area contributed by atoms with E-state index in [0.717, 1.165) is 0 Å². The standard InChI is InChI=1S/C17H25NO4/c1-16(2,20)17(3,4)22-14-7-5-13(6-8-14)15(19)18-9-11-21-12-10-18/h5-8,20H,9-12H2,1-4H3. The minimum atomic E-state index is -0.977. The van der Waals surface area contributed by atoms with Crippen molar-refractivity contribution in [3.8, 4) is 5.75 Å². The zero-order chi connectivity index (χ0) is 16.4. The van der Waals surface area contributed by atoms with E-state index in [4.69, 9.17) is 9.47 Å². The molecule has 5 nitrogen and oxygen atoms in total. The molecule has 1 aromatic carbocycles. The number of carbonyl (C=O) groups is 1. The summed E-state index contributed by atoms with van der Waals surface area (Å²) in [5, 5.41) is 10.1. The summed E-state index contributed by atoms with van der Waals surface area (Å²) in [6.07, 6.45) is 0. The van der Waals surface area contributed by atoms with E-state index in [9.17, 15) is 9.90 Å². The van der Waals surface area contributed by atoms with Crippen LogP contribution in [0.25, 0.3) is 0 Å². The fraction of sp³-hybridized carbons (Fsp3) is 0.588. The van der Waals surface area contributed by atoms with Crippen molar-refractivity contribution in [1.29, 1.82) is 0 Å². The number of amides is 1. The van der Waals surface area contributed by atoms with Gasteiger partial charge in [-0.25, -0.2) is 0 Å². The monoisotopic (exact) mass is 307 g/mol. The van der Waals surface area contributed by atoms with E-state index in [1.54, 1.807) is 43.0 Å². The number of ether oxygens (including phenoxy) is 2. The van der Waals surface area contributed by atoms with Gasteiger partial charge in [0.05, 0.1) is 18.8 Å². The maximum Gasteiger partial charge on any atom is 0.254 e. The molecule has 1 amide bonds. The molecule has 22 heavy (non-hydrogen) atoms. The molecule has 0 spiro atoms. The lowest BCUT2D eigenvalue weighted by Gasteiger charge is -2.37. The van der Waals surface area contributed by atoms with Gasteiger partial charge in [-0.05, 0) is 52.0 Å². The van der Waals surface area contributed by atoms with Crippen molar-refractivity contribution >= 4 is 5.91 Å². The van der Waals surface area contributed by atoms with Gasteiger partial charge in [-0.3, -0.25) is 4.79 Å². The highest BCUT2D eigenvalue weighted by molar-refractivity contribution is 5.94. The lowest BCUT2D eigenvalue weighted by molar-refractivity contribution is -0.0906. The Hall–Kier alpha value is -1.59. The average molecular weight is 307 g/mol. The summed E-state index contributed by atoms with van der Waals surface area (Å²) in [6.45, 7) is 9.53. The molecule has 122 valence electrons. The first-order chi connectivity index (χ1) is 10.2. The van der Waals surface area contributed by atoms with Gasteiger partial charge in [0.25, 0.3) is 5.91 Å². The number of carbonyl (C=O) groups excluding carboxylic acids is 1. The molecule has 1 aromatic rings. The second-order valence-electron chi connectivity index (χ2n) is 6.60. The molecule has 1 aliphatic rings. The molecule has 0 aliphatic carbocycles. The number of morpholine rings is 1. The van der Waals surface area contributed by atoms with Crippen molar-refractivity contribution in [1.82, 2.24) is 4.90 Å². The largest absolute Gasteiger partial charge is 0.485 e. The topological polar surface area (TPSA) is 59.0 Å². The Bertz CT molecular complexity index is 510. The molecule has 0 saturated carbocycles. The van der Waals surface area contributed by atoms with E-state index < -0.39 is 11.2 Å². The van der Waals surface area contributed by atoms with Gasteiger partial charge in [0.15, 0.2) is 0 Å². The van der Waals surface area contributed by atoms with Gasteiger partial charge >= 0.3 is 0 Å². The van der Waals surface area contributed by atoms with E-state index >= 15 is 0 Å². The summed E-state index contributed by atoms with van der Waals surface area (Å²) in [5.74, 6) is 0.641. The maximum absolute atomic E-state index is 12.3. The molecular weight excluding hydrogens is 282 g/mol. The molecular formula is C17H25NO4. The molecule has 0 radical (unpaired) electrons. The van der Waals surface area contributed by atoms with Gasteiger partial charge in [0, 0.05) is 18.7 Å². The fourth-order valence-electron chi connectivity index (χ4n) is 2.03. The highest BCUT2D eigenvalue weighted by atomic mass is 16.5. The van der Waals surface area contributed by atoms with E-state index in [2.05, 4.69) is 0 Å². The number of aliphatic hydroxyl groups is 1. The van der Waals surface area contributed by atoms with Crippen molar-refractivity contribution in [2.75, 3.05) is 26.3 Å². The number of hydrogen-bond acceptors (Lipinski definition) is 4. The molecule has 1 saturated heterocycles. The average Bonchev–Trinajstić information content (AvgIpc) is 2.47. The summed E-state index contributed by atoms with van der Waals surface area (Å²) in [6, 6.07) is 7.05. The minimum absolute atomic E-state index is 0.0107. The van der Waals surface area contributed by atoms with Crippen molar-refractivity contribution in [2.45, 2.75) is 38.9 Å². The van der Waals surface area contributed by atoms with Crippen LogP contribution in [0.1, 0.15) is 38.1 Å². The van der Waals surface area contributed by atoms with Crippen molar-refractivity contribution in [3.05, 3.63) is 29.8 Å². The van der Waals surface area contributed by atoms with Crippen LogP contribution in [0, 0.1) is 0 Å². The van der Waals surface area contributed by atoms with Gasteiger partial charge in [0.1, 0.15) is 11.4 Å². The highest BCUT2D eigenvalue weighted by Gasteiger charge is 2.37. The van der Waals surface area contributed by atoms with Crippen molar-refractivity contribution in [2.24, 2.45) is 0 Å². The zero-order valence-electron chi connectivity index (χ0n) is 13.8. The van der Waals surface area contributed by atoms with E-state index in [-0.39, 0.29) is 5.91 Å². The van der Waals surface area contributed by atoms with Gasteiger partial charge in [-0.2, -0.15) is 0 Å². The molecule has 0 atom stereocenters. The van der Waals surface area contributed by atoms with Crippen LogP contribution in [0.4, 0.5) is 0 Å². The first kappa shape index (κ1) is 16.8. The Morgan fingerprint density at radius 3 is 2.18 bits per heavy atom. The summed E-state index contributed by atoms with van der Waals surface area (Å²) in [7, 11) is 0. The quantitative estimate of drug-likeness (QED) is 0.925. The molecule has 5 heteroatoms. The first-order valence-corrected chi connectivity index (χ1v) is 7.59. The van der Waals surface area contributed by atoms with E-state index in [1.165, 1.54) is 0 Å². The Kier molecular flexibility index (Phi) is 4.78. The molecule has 1 aliphatic heterocycles. The Morgan fingerprint density at radius 2 is 1.68 bits per heavy atom. The van der Waals surface area contributed by atoms with Crippen LogP contribution in [0.3, 0.4) is 0 Å². The predicted molar refractivity (Wildman–Crippen MR) is 84.2 cm³/mol. The van der Waals surface area contributed by atoms with E-state index in [0.29, 0.717) is 37.6 Å². The van der Waals surface area contributed by atoms with Crippen LogP contribution >= 0.6 is 0 Å². The third kappa shape index (κ3) is 3.78. The van der Waals surface area contributed by atoms with Crippen LogP contribution < -0.4 is 4.74 Å². The lowest BCUT2D eigenvalue weighted by Crippen LogP contribution is -2.49. The molecule has 1 fully saturated rings. The van der Waals surface area contributed by atoms with E-state index in [1.807, 2.05) is 13.8 Å². The Morgan fingerprint density at radius 1 is 1.14 bits per heavy atom. The van der Waals surface area contributed by atoms with Gasteiger partial charge < -0.3 is 19.5 Å². The Labute approximate surface area is 131 Å². The van der Waals surface area contributed by atoms with Crippen LogP contribution in [0.5, 0.6) is 5.75 Å². The lowest BCUT2D eigenvalue weighted by atomic mass is 9.89.